The molecule has 0 aliphatic rings. The van der Waals surface area contributed by atoms with E-state index in [1.165, 1.54) is 11.1 Å². The lowest BCUT2D eigenvalue weighted by atomic mass is 10.0. The highest BCUT2D eigenvalue weighted by Crippen LogP contribution is 2.14. The quantitative estimate of drug-likeness (QED) is 0.637. The predicted octanol–water partition coefficient (Wildman–Crippen LogP) is 4.45. The Labute approximate surface area is 109 Å². The molecule has 0 aliphatic carbocycles. The molecule has 0 fully saturated rings. The van der Waals surface area contributed by atoms with E-state index in [4.69, 9.17) is 0 Å². The molecule has 0 aromatic heterocycles. The maximum Gasteiger partial charge on any atom is 0.0278 e. The topological polar surface area (TPSA) is 0 Å². The minimum Gasteiger partial charge on any atom is -0.0713 e. The molecule has 0 unspecified atom stereocenters. The molecule has 0 amide bonds. The fourth-order valence-electron chi connectivity index (χ4n) is 1.71. The number of hydrogen-bond acceptors (Lipinski definition) is 0. The van der Waals surface area contributed by atoms with E-state index in [0.717, 1.165) is 11.1 Å². The molecular weight excluding hydrogens is 216 g/mol. The first-order valence-corrected chi connectivity index (χ1v) is 6.10. The number of rotatable bonds is 1. The normalized spacial score (nSPS) is 10.7. The lowest BCUT2D eigenvalue weighted by Gasteiger charge is -2.00. The van der Waals surface area contributed by atoms with Gasteiger partial charge in [0.05, 0.1) is 0 Å². The fraction of sp³-hybridized carbons (Fsp3) is 0.111. The van der Waals surface area contributed by atoms with Crippen LogP contribution in [0.4, 0.5) is 0 Å². The molecule has 0 radical (unpaired) electrons. The lowest BCUT2D eigenvalue weighted by molar-refractivity contribution is 1.45. The zero-order valence-electron chi connectivity index (χ0n) is 10.8. The van der Waals surface area contributed by atoms with Crippen LogP contribution in [-0.4, -0.2) is 0 Å². The maximum atomic E-state index is 3.23. The third kappa shape index (κ3) is 3.12. The molecular formula is C18H16. The van der Waals surface area contributed by atoms with Gasteiger partial charge in [-0.05, 0) is 31.5 Å². The van der Waals surface area contributed by atoms with Crippen LogP contribution < -0.4 is 0 Å². The van der Waals surface area contributed by atoms with Crippen molar-refractivity contribution in [2.45, 2.75) is 13.8 Å². The first-order valence-electron chi connectivity index (χ1n) is 6.10. The molecule has 0 saturated carbocycles. The molecule has 2 rings (SSSR count). The summed E-state index contributed by atoms with van der Waals surface area (Å²) in [5.41, 5.74) is 4.56. The van der Waals surface area contributed by atoms with Crippen molar-refractivity contribution in [1.29, 1.82) is 0 Å². The minimum absolute atomic E-state index is 1.05. The van der Waals surface area contributed by atoms with Crippen molar-refractivity contribution in [1.82, 2.24) is 0 Å². The second-order valence-electron chi connectivity index (χ2n) is 4.18. The van der Waals surface area contributed by atoms with Crippen molar-refractivity contribution in [2.24, 2.45) is 0 Å². The largest absolute Gasteiger partial charge is 0.0713 e. The highest BCUT2D eigenvalue weighted by Gasteiger charge is 1.96. The lowest BCUT2D eigenvalue weighted by Crippen LogP contribution is -1.82. The molecule has 0 bridgehead atoms. The van der Waals surface area contributed by atoms with Crippen molar-refractivity contribution in [3.8, 4) is 11.8 Å². The molecule has 88 valence electrons. The SMILES string of the molecule is CC=C(C#Cc1ccccc1)c1ccc(C)cc1. The van der Waals surface area contributed by atoms with Gasteiger partial charge in [0.25, 0.3) is 0 Å². The van der Waals surface area contributed by atoms with Crippen LogP contribution in [0.15, 0.2) is 60.7 Å². The molecule has 2 aromatic rings. The number of aryl methyl sites for hydroxylation is 1. The Morgan fingerprint density at radius 2 is 1.61 bits per heavy atom. The molecule has 0 atom stereocenters. The van der Waals surface area contributed by atoms with Gasteiger partial charge >= 0.3 is 0 Å². The summed E-state index contributed by atoms with van der Waals surface area (Å²) in [6, 6.07) is 18.5. The van der Waals surface area contributed by atoms with Gasteiger partial charge in [-0.3, -0.25) is 0 Å². The van der Waals surface area contributed by atoms with E-state index in [2.05, 4.69) is 49.1 Å². The van der Waals surface area contributed by atoms with Crippen LogP contribution in [0.5, 0.6) is 0 Å². The number of allylic oxidation sites excluding steroid dienone is 2. The summed E-state index contributed by atoms with van der Waals surface area (Å²) >= 11 is 0. The van der Waals surface area contributed by atoms with Gasteiger partial charge in [-0.15, -0.1) is 0 Å². The van der Waals surface area contributed by atoms with Gasteiger partial charge in [-0.25, -0.2) is 0 Å². The highest BCUT2D eigenvalue weighted by atomic mass is 14.0. The van der Waals surface area contributed by atoms with Crippen LogP contribution >= 0.6 is 0 Å². The Bertz CT molecular complexity index is 590. The molecule has 0 spiro atoms. The molecule has 18 heavy (non-hydrogen) atoms. The summed E-state index contributed by atoms with van der Waals surface area (Å²) in [7, 11) is 0. The van der Waals surface area contributed by atoms with Crippen LogP contribution in [0.1, 0.15) is 23.6 Å². The van der Waals surface area contributed by atoms with E-state index in [1.54, 1.807) is 0 Å². The molecule has 2 aromatic carbocycles. The summed E-state index contributed by atoms with van der Waals surface area (Å²) < 4.78 is 0. The van der Waals surface area contributed by atoms with Gasteiger partial charge in [0.15, 0.2) is 0 Å². The smallest absolute Gasteiger partial charge is 0.0278 e. The van der Waals surface area contributed by atoms with Gasteiger partial charge in [-0.2, -0.15) is 0 Å². The second kappa shape index (κ2) is 5.89. The molecule has 0 saturated heterocycles. The van der Waals surface area contributed by atoms with Crippen LogP contribution in [0.25, 0.3) is 5.57 Å². The third-order valence-electron chi connectivity index (χ3n) is 2.77. The highest BCUT2D eigenvalue weighted by molar-refractivity contribution is 5.79. The van der Waals surface area contributed by atoms with Crippen molar-refractivity contribution in [3.05, 3.63) is 77.4 Å². The summed E-state index contributed by atoms with van der Waals surface area (Å²) in [5.74, 6) is 6.42. The summed E-state index contributed by atoms with van der Waals surface area (Å²) in [6.45, 7) is 4.11. The van der Waals surface area contributed by atoms with E-state index in [0.29, 0.717) is 0 Å². The molecule has 0 N–H and O–H groups in total. The number of hydrogen-bond donors (Lipinski definition) is 0. The Hall–Kier alpha value is -2.26. The Kier molecular flexibility index (Phi) is 3.99. The fourth-order valence-corrected chi connectivity index (χ4v) is 1.71. The maximum absolute atomic E-state index is 3.23. The van der Waals surface area contributed by atoms with Crippen molar-refractivity contribution in [3.63, 3.8) is 0 Å². The van der Waals surface area contributed by atoms with Gasteiger partial charge in [0, 0.05) is 11.1 Å². The van der Waals surface area contributed by atoms with Crippen LogP contribution in [0.3, 0.4) is 0 Å². The first-order chi connectivity index (χ1) is 8.79. The zero-order valence-corrected chi connectivity index (χ0v) is 10.8. The van der Waals surface area contributed by atoms with Crippen LogP contribution in [0.2, 0.25) is 0 Å². The predicted molar refractivity (Wildman–Crippen MR) is 78.2 cm³/mol. The summed E-state index contributed by atoms with van der Waals surface area (Å²) in [5, 5.41) is 0. The van der Waals surface area contributed by atoms with E-state index >= 15 is 0 Å². The Balaban J connectivity index is 2.27. The first kappa shape index (κ1) is 12.2. The van der Waals surface area contributed by atoms with E-state index < -0.39 is 0 Å². The van der Waals surface area contributed by atoms with E-state index in [9.17, 15) is 0 Å². The monoisotopic (exact) mass is 232 g/mol. The van der Waals surface area contributed by atoms with E-state index in [1.807, 2.05) is 37.3 Å². The summed E-state index contributed by atoms with van der Waals surface area (Å²) in [4.78, 5) is 0. The van der Waals surface area contributed by atoms with Crippen LogP contribution in [0, 0.1) is 18.8 Å². The number of benzene rings is 2. The van der Waals surface area contributed by atoms with Crippen molar-refractivity contribution >= 4 is 5.57 Å². The second-order valence-corrected chi connectivity index (χ2v) is 4.18. The van der Waals surface area contributed by atoms with Gasteiger partial charge in [-0.1, -0.05) is 65.9 Å². The van der Waals surface area contributed by atoms with Gasteiger partial charge in [0.2, 0.25) is 0 Å². The summed E-state index contributed by atoms with van der Waals surface area (Å²) in [6.07, 6.45) is 2.06. The Morgan fingerprint density at radius 3 is 2.22 bits per heavy atom. The molecule has 0 nitrogen and oxygen atoms in total. The van der Waals surface area contributed by atoms with Gasteiger partial charge < -0.3 is 0 Å². The molecule has 0 heteroatoms. The zero-order chi connectivity index (χ0) is 12.8. The molecule has 0 aliphatic heterocycles. The standard InChI is InChI=1S/C18H16/c1-3-17(18-12-9-15(2)10-13-18)14-11-16-7-5-4-6-8-16/h3-10,12-13H,1-2H3. The third-order valence-corrected chi connectivity index (χ3v) is 2.77. The van der Waals surface area contributed by atoms with Crippen molar-refractivity contribution < 1.29 is 0 Å². The van der Waals surface area contributed by atoms with Crippen LogP contribution in [-0.2, 0) is 0 Å². The van der Waals surface area contributed by atoms with Gasteiger partial charge in [0.1, 0.15) is 0 Å². The van der Waals surface area contributed by atoms with E-state index in [-0.39, 0.29) is 0 Å². The molecule has 0 heterocycles. The van der Waals surface area contributed by atoms with Crippen molar-refractivity contribution in [2.75, 3.05) is 0 Å². The Morgan fingerprint density at radius 1 is 0.944 bits per heavy atom. The minimum atomic E-state index is 1.05. The average Bonchev–Trinajstić information content (AvgIpc) is 2.42. The average molecular weight is 232 g/mol.